The minimum Gasteiger partial charge on any atom is -0.343 e. The Morgan fingerprint density at radius 2 is 1.75 bits per heavy atom. The maximum atomic E-state index is 12.3. The van der Waals surface area contributed by atoms with E-state index in [4.69, 9.17) is 0 Å². The number of nitrogens with zero attached hydrogens (tertiary/aromatic N) is 2. The fraction of sp³-hybridized carbons (Fsp3) is 0.737. The molecule has 0 saturated carbocycles. The van der Waals surface area contributed by atoms with Gasteiger partial charge in [-0.1, -0.05) is 33.1 Å². The number of imide groups is 1. The lowest BCUT2D eigenvalue weighted by Crippen LogP contribution is -2.39. The molecule has 0 aromatic carbocycles. The molecule has 0 spiro atoms. The summed E-state index contributed by atoms with van der Waals surface area (Å²) in [4.78, 5) is 38.3. The molecule has 0 atom stereocenters. The normalized spacial score (nSPS) is 19.0. The van der Waals surface area contributed by atoms with Gasteiger partial charge in [-0.3, -0.25) is 19.3 Å². The molecule has 5 heteroatoms. The molecular weight excluding hydrogens is 304 g/mol. The highest BCUT2D eigenvalue weighted by atomic mass is 16.2. The zero-order chi connectivity index (χ0) is 17.5. The van der Waals surface area contributed by atoms with Crippen LogP contribution in [0, 0.1) is 11.8 Å². The van der Waals surface area contributed by atoms with Gasteiger partial charge in [0, 0.05) is 38.2 Å². The quantitative estimate of drug-likeness (QED) is 0.641. The third-order valence-corrected chi connectivity index (χ3v) is 5.03. The summed E-state index contributed by atoms with van der Waals surface area (Å²) >= 11 is 0. The summed E-state index contributed by atoms with van der Waals surface area (Å²) in [6.07, 6.45) is 9.62. The standard InChI is InChI=1S/C19H30N2O3/c1-15(2)5-3-6-16-10-13-20(14-11-16)17(22)7-4-12-21-18(23)8-9-19(21)24/h8-9,15-16H,3-7,10-14H2,1-2H3. The highest BCUT2D eigenvalue weighted by Crippen LogP contribution is 2.24. The van der Waals surface area contributed by atoms with Gasteiger partial charge in [-0.05, 0) is 31.1 Å². The molecule has 0 unspecified atom stereocenters. The molecule has 3 amide bonds. The molecule has 2 rings (SSSR count). The second kappa shape index (κ2) is 9.00. The maximum Gasteiger partial charge on any atom is 0.253 e. The fourth-order valence-electron chi connectivity index (χ4n) is 3.48. The second-order valence-electron chi connectivity index (χ2n) is 7.41. The van der Waals surface area contributed by atoms with E-state index in [-0.39, 0.29) is 17.7 Å². The van der Waals surface area contributed by atoms with Gasteiger partial charge in [0.05, 0.1) is 0 Å². The Hall–Kier alpha value is -1.65. The minimum atomic E-state index is -0.269. The van der Waals surface area contributed by atoms with Crippen molar-refractivity contribution in [2.45, 2.75) is 58.8 Å². The van der Waals surface area contributed by atoms with Gasteiger partial charge in [0.1, 0.15) is 0 Å². The van der Waals surface area contributed by atoms with Gasteiger partial charge >= 0.3 is 0 Å². The Morgan fingerprint density at radius 3 is 2.33 bits per heavy atom. The molecule has 0 aliphatic carbocycles. The zero-order valence-corrected chi connectivity index (χ0v) is 15.0. The molecule has 5 nitrogen and oxygen atoms in total. The van der Waals surface area contributed by atoms with Crippen LogP contribution in [-0.4, -0.2) is 47.2 Å². The van der Waals surface area contributed by atoms with Gasteiger partial charge < -0.3 is 4.90 Å². The summed E-state index contributed by atoms with van der Waals surface area (Å²) in [5.41, 5.74) is 0. The van der Waals surface area contributed by atoms with E-state index in [0.717, 1.165) is 37.8 Å². The molecule has 1 saturated heterocycles. The molecule has 2 aliphatic rings. The van der Waals surface area contributed by atoms with Gasteiger partial charge in [-0.2, -0.15) is 0 Å². The monoisotopic (exact) mass is 334 g/mol. The molecule has 0 aromatic heterocycles. The molecule has 134 valence electrons. The number of amides is 3. The van der Waals surface area contributed by atoms with Crippen LogP contribution in [0.5, 0.6) is 0 Å². The van der Waals surface area contributed by atoms with Crippen molar-refractivity contribution < 1.29 is 14.4 Å². The Balaban J connectivity index is 1.61. The van der Waals surface area contributed by atoms with Crippen LogP contribution in [0.1, 0.15) is 58.8 Å². The fourth-order valence-corrected chi connectivity index (χ4v) is 3.48. The molecule has 2 aliphatic heterocycles. The number of piperidine rings is 1. The van der Waals surface area contributed by atoms with E-state index >= 15 is 0 Å². The first kappa shape index (κ1) is 18.7. The van der Waals surface area contributed by atoms with Crippen molar-refractivity contribution in [2.24, 2.45) is 11.8 Å². The highest BCUT2D eigenvalue weighted by Gasteiger charge is 2.25. The van der Waals surface area contributed by atoms with E-state index in [0.29, 0.717) is 19.4 Å². The lowest BCUT2D eigenvalue weighted by Gasteiger charge is -2.32. The van der Waals surface area contributed by atoms with Crippen molar-refractivity contribution in [3.8, 4) is 0 Å². The van der Waals surface area contributed by atoms with Crippen LogP contribution in [0.3, 0.4) is 0 Å². The summed E-state index contributed by atoms with van der Waals surface area (Å²) in [5, 5.41) is 0. The largest absolute Gasteiger partial charge is 0.343 e. The van der Waals surface area contributed by atoms with Crippen molar-refractivity contribution in [1.82, 2.24) is 9.80 Å². The first-order chi connectivity index (χ1) is 11.5. The van der Waals surface area contributed by atoms with Crippen LogP contribution >= 0.6 is 0 Å². The molecule has 0 aromatic rings. The van der Waals surface area contributed by atoms with Gasteiger partial charge in [-0.25, -0.2) is 0 Å². The number of carbonyl (C=O) groups excluding carboxylic acids is 3. The van der Waals surface area contributed by atoms with E-state index in [2.05, 4.69) is 13.8 Å². The van der Waals surface area contributed by atoms with Crippen LogP contribution in [0.2, 0.25) is 0 Å². The van der Waals surface area contributed by atoms with Gasteiger partial charge in [-0.15, -0.1) is 0 Å². The van der Waals surface area contributed by atoms with E-state index in [1.54, 1.807) is 0 Å². The number of hydrogen-bond donors (Lipinski definition) is 0. The van der Waals surface area contributed by atoms with E-state index in [9.17, 15) is 14.4 Å². The summed E-state index contributed by atoms with van der Waals surface area (Å²) in [6, 6.07) is 0. The molecule has 0 N–H and O–H groups in total. The third kappa shape index (κ3) is 5.46. The van der Waals surface area contributed by atoms with Gasteiger partial charge in [0.2, 0.25) is 5.91 Å². The van der Waals surface area contributed by atoms with Crippen molar-refractivity contribution in [2.75, 3.05) is 19.6 Å². The summed E-state index contributed by atoms with van der Waals surface area (Å²) in [5.74, 6) is 1.15. The van der Waals surface area contributed by atoms with Crippen LogP contribution in [0.15, 0.2) is 12.2 Å². The van der Waals surface area contributed by atoms with Crippen molar-refractivity contribution in [1.29, 1.82) is 0 Å². The van der Waals surface area contributed by atoms with Crippen molar-refractivity contribution >= 4 is 17.7 Å². The molecule has 0 bridgehead atoms. The number of rotatable bonds is 8. The Morgan fingerprint density at radius 1 is 1.12 bits per heavy atom. The summed E-state index contributed by atoms with van der Waals surface area (Å²) in [6.45, 7) is 6.58. The van der Waals surface area contributed by atoms with Crippen LogP contribution in [0.25, 0.3) is 0 Å². The lowest BCUT2D eigenvalue weighted by atomic mass is 9.90. The maximum absolute atomic E-state index is 12.3. The average molecular weight is 334 g/mol. The van der Waals surface area contributed by atoms with Crippen molar-refractivity contribution in [3.05, 3.63) is 12.2 Å². The van der Waals surface area contributed by atoms with Crippen molar-refractivity contribution in [3.63, 3.8) is 0 Å². The predicted molar refractivity (Wildman–Crippen MR) is 93.1 cm³/mol. The Labute approximate surface area is 145 Å². The van der Waals surface area contributed by atoms with E-state index < -0.39 is 0 Å². The number of likely N-dealkylation sites (tertiary alicyclic amines) is 1. The summed E-state index contributed by atoms with van der Waals surface area (Å²) in [7, 11) is 0. The van der Waals surface area contributed by atoms with Crippen LogP contribution < -0.4 is 0 Å². The predicted octanol–water partition coefficient (Wildman–Crippen LogP) is 2.76. The molecule has 2 heterocycles. The SMILES string of the molecule is CC(C)CCCC1CCN(C(=O)CCCN2C(=O)C=CC2=O)CC1. The summed E-state index contributed by atoms with van der Waals surface area (Å²) < 4.78 is 0. The molecule has 1 fully saturated rings. The van der Waals surface area contributed by atoms with Gasteiger partial charge in [0.15, 0.2) is 0 Å². The first-order valence-corrected chi connectivity index (χ1v) is 9.28. The molecular formula is C19H30N2O3. The van der Waals surface area contributed by atoms with Crippen LogP contribution in [-0.2, 0) is 14.4 Å². The minimum absolute atomic E-state index is 0.155. The highest BCUT2D eigenvalue weighted by molar-refractivity contribution is 6.12. The zero-order valence-electron chi connectivity index (χ0n) is 15.0. The Bertz CT molecular complexity index is 473. The van der Waals surface area contributed by atoms with E-state index in [1.807, 2.05) is 4.90 Å². The Kier molecular flexibility index (Phi) is 7.00. The molecule has 24 heavy (non-hydrogen) atoms. The van der Waals surface area contributed by atoms with Gasteiger partial charge in [0.25, 0.3) is 11.8 Å². The topological polar surface area (TPSA) is 57.7 Å². The second-order valence-corrected chi connectivity index (χ2v) is 7.41. The van der Waals surface area contributed by atoms with E-state index in [1.165, 1.54) is 36.3 Å². The average Bonchev–Trinajstić information content (AvgIpc) is 2.87. The third-order valence-electron chi connectivity index (χ3n) is 5.03. The number of hydrogen-bond acceptors (Lipinski definition) is 3. The lowest BCUT2D eigenvalue weighted by molar-refractivity contribution is -0.138. The van der Waals surface area contributed by atoms with Crippen LogP contribution in [0.4, 0.5) is 0 Å². The first-order valence-electron chi connectivity index (χ1n) is 9.28. The smallest absolute Gasteiger partial charge is 0.253 e. The molecule has 0 radical (unpaired) electrons. The number of carbonyl (C=O) groups is 3.